The van der Waals surface area contributed by atoms with Gasteiger partial charge in [0, 0.05) is 31.4 Å². The monoisotopic (exact) mass is 503 g/mol. The Morgan fingerprint density at radius 1 is 1.26 bits per heavy atom. The highest BCUT2D eigenvalue weighted by Crippen LogP contribution is 2.17. The van der Waals surface area contributed by atoms with E-state index < -0.39 is 0 Å². The van der Waals surface area contributed by atoms with Gasteiger partial charge in [0.1, 0.15) is 12.4 Å². The largest absolute Gasteiger partial charge is 0.356 e. The Morgan fingerprint density at radius 2 is 2.04 bits per heavy atom. The van der Waals surface area contributed by atoms with Gasteiger partial charge >= 0.3 is 0 Å². The molecule has 27 heavy (non-hydrogen) atoms. The van der Waals surface area contributed by atoms with Crippen LogP contribution in [-0.2, 0) is 20.0 Å². The maximum Gasteiger partial charge on any atom is 0.191 e. The number of nitrogens with one attached hydrogen (secondary N) is 2. The summed E-state index contributed by atoms with van der Waals surface area (Å²) in [7, 11) is 1.98. The van der Waals surface area contributed by atoms with Crippen LogP contribution in [-0.4, -0.2) is 38.3 Å². The average molecular weight is 503 g/mol. The van der Waals surface area contributed by atoms with Crippen LogP contribution >= 0.6 is 35.3 Å². The first-order chi connectivity index (χ1) is 12.6. The summed E-state index contributed by atoms with van der Waals surface area (Å²) in [6.45, 7) is 5.34. The summed E-state index contributed by atoms with van der Waals surface area (Å²) in [6, 6.07) is 0.512. The van der Waals surface area contributed by atoms with Crippen molar-refractivity contribution in [1.29, 1.82) is 0 Å². The van der Waals surface area contributed by atoms with E-state index in [0.29, 0.717) is 12.6 Å². The zero-order valence-corrected chi connectivity index (χ0v) is 19.5. The molecule has 0 atom stereocenters. The van der Waals surface area contributed by atoms with E-state index in [1.165, 1.54) is 32.1 Å². The minimum Gasteiger partial charge on any atom is -0.356 e. The van der Waals surface area contributed by atoms with Gasteiger partial charge in [0.2, 0.25) is 0 Å². The molecule has 0 bridgehead atoms. The zero-order chi connectivity index (χ0) is 18.4. The maximum absolute atomic E-state index is 4.75. The summed E-state index contributed by atoms with van der Waals surface area (Å²) in [5.41, 5.74) is 1.14. The first kappa shape index (κ1) is 22.1. The summed E-state index contributed by atoms with van der Waals surface area (Å²) in [6.07, 6.45) is 7.28. The summed E-state index contributed by atoms with van der Waals surface area (Å²) >= 11 is 1.70. The first-order valence-corrected chi connectivity index (χ1v) is 10.3. The Morgan fingerprint density at radius 3 is 2.67 bits per heavy atom. The van der Waals surface area contributed by atoms with E-state index in [9.17, 15) is 0 Å². The van der Waals surface area contributed by atoms with Crippen molar-refractivity contribution in [2.75, 3.05) is 6.54 Å². The molecule has 1 aliphatic rings. The van der Waals surface area contributed by atoms with Gasteiger partial charge in [-0.1, -0.05) is 19.3 Å². The molecule has 0 saturated heterocycles. The van der Waals surface area contributed by atoms with Crippen LogP contribution in [0.4, 0.5) is 0 Å². The van der Waals surface area contributed by atoms with E-state index >= 15 is 0 Å². The second kappa shape index (κ2) is 10.9. The standard InChI is InChI=1S/C18H29N7S.HI/c1-13-23-24-17(25(13)3)11-20-18(22-15-7-5-4-6-8-15)19-10-9-16-12-26-14(2)21-16;/h12,15H,4-11H2,1-3H3,(H2,19,20,22);1H. The number of aryl methyl sites for hydroxylation is 2. The van der Waals surface area contributed by atoms with Gasteiger partial charge in [-0.15, -0.1) is 45.5 Å². The molecule has 0 aromatic carbocycles. The lowest BCUT2D eigenvalue weighted by Gasteiger charge is -2.25. The molecule has 1 saturated carbocycles. The fourth-order valence-electron chi connectivity index (χ4n) is 3.16. The van der Waals surface area contributed by atoms with Crippen molar-refractivity contribution in [3.63, 3.8) is 0 Å². The van der Waals surface area contributed by atoms with E-state index in [2.05, 4.69) is 31.2 Å². The van der Waals surface area contributed by atoms with Crippen molar-refractivity contribution in [2.45, 2.75) is 65.0 Å². The molecule has 1 aliphatic carbocycles. The predicted molar refractivity (Wildman–Crippen MR) is 121 cm³/mol. The summed E-state index contributed by atoms with van der Waals surface area (Å²) in [5, 5.41) is 18.6. The molecule has 1 fully saturated rings. The van der Waals surface area contributed by atoms with E-state index in [4.69, 9.17) is 4.99 Å². The minimum atomic E-state index is 0. The first-order valence-electron chi connectivity index (χ1n) is 9.42. The molecular weight excluding hydrogens is 473 g/mol. The third-order valence-electron chi connectivity index (χ3n) is 4.85. The van der Waals surface area contributed by atoms with E-state index in [1.807, 2.05) is 25.5 Å². The summed E-state index contributed by atoms with van der Waals surface area (Å²) in [4.78, 5) is 9.28. The molecule has 9 heteroatoms. The minimum absolute atomic E-state index is 0. The number of guanidine groups is 1. The molecule has 0 aliphatic heterocycles. The predicted octanol–water partition coefficient (Wildman–Crippen LogP) is 3.12. The van der Waals surface area contributed by atoms with Crippen molar-refractivity contribution < 1.29 is 0 Å². The molecule has 0 amide bonds. The van der Waals surface area contributed by atoms with Gasteiger partial charge in [0.25, 0.3) is 0 Å². The normalized spacial score (nSPS) is 15.4. The van der Waals surface area contributed by atoms with Gasteiger partial charge in [-0.3, -0.25) is 0 Å². The van der Waals surface area contributed by atoms with Gasteiger partial charge in [-0.05, 0) is 26.7 Å². The van der Waals surface area contributed by atoms with E-state index in [-0.39, 0.29) is 24.0 Å². The number of nitrogens with zero attached hydrogens (tertiary/aromatic N) is 5. The lowest BCUT2D eigenvalue weighted by Crippen LogP contribution is -2.44. The van der Waals surface area contributed by atoms with Gasteiger partial charge in [0.05, 0.1) is 10.7 Å². The number of thiazole rings is 1. The van der Waals surface area contributed by atoms with Crippen LogP contribution in [0, 0.1) is 13.8 Å². The van der Waals surface area contributed by atoms with Gasteiger partial charge < -0.3 is 15.2 Å². The van der Waals surface area contributed by atoms with Crippen LogP contribution in [0.1, 0.15) is 54.5 Å². The summed E-state index contributed by atoms with van der Waals surface area (Å²) in [5.74, 6) is 2.65. The number of hydrogen-bond donors (Lipinski definition) is 2. The van der Waals surface area contributed by atoms with Crippen molar-refractivity contribution in [3.8, 4) is 0 Å². The lowest BCUT2D eigenvalue weighted by atomic mass is 9.96. The lowest BCUT2D eigenvalue weighted by molar-refractivity contribution is 0.409. The molecule has 2 aromatic rings. The highest BCUT2D eigenvalue weighted by atomic mass is 127. The Hall–Kier alpha value is -1.23. The highest BCUT2D eigenvalue weighted by Gasteiger charge is 2.15. The Bertz CT molecular complexity index is 734. The molecule has 0 radical (unpaired) electrons. The molecule has 7 nitrogen and oxygen atoms in total. The Kier molecular flexibility index (Phi) is 8.94. The highest BCUT2D eigenvalue weighted by molar-refractivity contribution is 14.0. The molecule has 3 rings (SSSR count). The third-order valence-corrected chi connectivity index (χ3v) is 5.67. The van der Waals surface area contributed by atoms with Gasteiger partial charge in [0.15, 0.2) is 11.8 Å². The van der Waals surface area contributed by atoms with Crippen molar-refractivity contribution in [1.82, 2.24) is 30.4 Å². The van der Waals surface area contributed by atoms with Crippen molar-refractivity contribution in [2.24, 2.45) is 12.0 Å². The van der Waals surface area contributed by atoms with E-state index in [0.717, 1.165) is 41.3 Å². The second-order valence-electron chi connectivity index (χ2n) is 6.90. The molecule has 2 heterocycles. The third kappa shape index (κ3) is 6.70. The number of hydrogen-bond acceptors (Lipinski definition) is 5. The molecule has 0 unspecified atom stereocenters. The number of rotatable bonds is 6. The fraction of sp³-hybridized carbons (Fsp3) is 0.667. The molecule has 150 valence electrons. The van der Waals surface area contributed by atoms with Crippen molar-refractivity contribution >= 4 is 41.3 Å². The van der Waals surface area contributed by atoms with Crippen LogP contribution in [0.5, 0.6) is 0 Å². The Labute approximate surface area is 182 Å². The van der Waals surface area contributed by atoms with E-state index in [1.54, 1.807) is 11.3 Å². The molecular formula is C18H30IN7S. The molecule has 2 aromatic heterocycles. The summed E-state index contributed by atoms with van der Waals surface area (Å²) < 4.78 is 1.99. The van der Waals surface area contributed by atoms with Crippen LogP contribution in [0.25, 0.3) is 0 Å². The quantitative estimate of drug-likeness (QED) is 0.360. The van der Waals surface area contributed by atoms with Gasteiger partial charge in [-0.2, -0.15) is 0 Å². The SMILES string of the molecule is Cc1nc(CCNC(=NCc2nnc(C)n2C)NC2CCCCC2)cs1.I. The van der Waals surface area contributed by atoms with Crippen LogP contribution in [0.3, 0.4) is 0 Å². The second-order valence-corrected chi connectivity index (χ2v) is 7.96. The Balaban J connectivity index is 0.00000261. The number of halogens is 1. The molecule has 0 spiro atoms. The maximum atomic E-state index is 4.75. The van der Waals surface area contributed by atoms with Crippen LogP contribution in [0.2, 0.25) is 0 Å². The number of aromatic nitrogens is 4. The van der Waals surface area contributed by atoms with Crippen LogP contribution < -0.4 is 10.6 Å². The zero-order valence-electron chi connectivity index (χ0n) is 16.4. The number of aliphatic imine (C=N–C) groups is 1. The van der Waals surface area contributed by atoms with Gasteiger partial charge in [-0.25, -0.2) is 9.98 Å². The average Bonchev–Trinajstić information content (AvgIpc) is 3.20. The van der Waals surface area contributed by atoms with Crippen LogP contribution in [0.15, 0.2) is 10.4 Å². The smallest absolute Gasteiger partial charge is 0.191 e. The topological polar surface area (TPSA) is 80.0 Å². The van der Waals surface area contributed by atoms with Crippen molar-refractivity contribution in [3.05, 3.63) is 27.7 Å². The fourth-order valence-corrected chi connectivity index (χ4v) is 3.81. The molecule has 2 N–H and O–H groups in total.